The van der Waals surface area contributed by atoms with E-state index in [4.69, 9.17) is 4.74 Å². The molecular weight excluding hydrogens is 518 g/mol. The number of halogens is 2. The highest BCUT2D eigenvalue weighted by Crippen LogP contribution is 2.28. The molecule has 2 heterocycles. The third-order valence-electron chi connectivity index (χ3n) is 4.81. The second-order valence-corrected chi connectivity index (χ2v) is 8.29. The van der Waals surface area contributed by atoms with E-state index in [9.17, 15) is 9.50 Å². The second kappa shape index (κ2) is 12.4. The smallest absolute Gasteiger partial charge is 0.191 e. The molecule has 0 radical (unpaired) electrons. The molecule has 1 unspecified atom stereocenters. The molecule has 9 heteroatoms. The molecular formula is C21H30FIN4O2S. The van der Waals surface area contributed by atoms with Gasteiger partial charge in [0.05, 0.1) is 25.8 Å². The molecule has 1 fully saturated rings. The zero-order valence-electron chi connectivity index (χ0n) is 17.4. The van der Waals surface area contributed by atoms with E-state index in [1.165, 1.54) is 21.9 Å². The topological polar surface area (TPSA) is 69.1 Å². The quantitative estimate of drug-likeness (QED) is 0.280. The summed E-state index contributed by atoms with van der Waals surface area (Å²) in [5, 5.41) is 16.0. The number of aryl methyl sites for hydroxylation is 1. The summed E-state index contributed by atoms with van der Waals surface area (Å²) in [5.74, 6) is -0.286. The fourth-order valence-electron chi connectivity index (χ4n) is 3.29. The van der Waals surface area contributed by atoms with Crippen molar-refractivity contribution in [1.82, 2.24) is 15.5 Å². The molecule has 1 aliphatic rings. The van der Waals surface area contributed by atoms with Crippen molar-refractivity contribution in [3.63, 3.8) is 0 Å². The maximum Gasteiger partial charge on any atom is 0.191 e. The van der Waals surface area contributed by atoms with E-state index < -0.39 is 5.82 Å². The number of phenols is 1. The average Bonchev–Trinajstić information content (AvgIpc) is 3.15. The maximum absolute atomic E-state index is 13.6. The fraction of sp³-hybridized carbons (Fsp3) is 0.476. The molecule has 1 aliphatic heterocycles. The molecule has 1 atom stereocenters. The number of aromatic hydroxyl groups is 1. The predicted octanol–water partition coefficient (Wildman–Crippen LogP) is 3.65. The van der Waals surface area contributed by atoms with Gasteiger partial charge in [-0.15, -0.1) is 35.3 Å². The van der Waals surface area contributed by atoms with Crippen molar-refractivity contribution in [3.05, 3.63) is 51.5 Å². The summed E-state index contributed by atoms with van der Waals surface area (Å²) < 4.78 is 19.1. The van der Waals surface area contributed by atoms with Crippen molar-refractivity contribution in [2.75, 3.05) is 39.4 Å². The summed E-state index contributed by atoms with van der Waals surface area (Å²) >= 11 is 1.82. The highest BCUT2D eigenvalue weighted by Gasteiger charge is 2.24. The number of nitrogens with zero attached hydrogens (tertiary/aromatic N) is 2. The Balaban J connectivity index is 0.00000320. The number of benzene rings is 1. The molecule has 0 bridgehead atoms. The number of phenolic OH excluding ortho intramolecular Hbond substituents is 1. The number of guanidine groups is 1. The molecule has 3 N–H and O–H groups in total. The third kappa shape index (κ3) is 7.07. The summed E-state index contributed by atoms with van der Waals surface area (Å²) in [6, 6.07) is 8.95. The maximum atomic E-state index is 13.6. The van der Waals surface area contributed by atoms with E-state index in [0.29, 0.717) is 18.1 Å². The Morgan fingerprint density at radius 2 is 2.03 bits per heavy atom. The molecule has 2 aromatic rings. The first-order valence-electron chi connectivity index (χ1n) is 9.94. The highest BCUT2D eigenvalue weighted by molar-refractivity contribution is 14.0. The van der Waals surface area contributed by atoms with Crippen LogP contribution >= 0.6 is 35.3 Å². The minimum atomic E-state index is -0.629. The average molecular weight is 548 g/mol. The normalized spacial score (nSPS) is 16.0. The van der Waals surface area contributed by atoms with Crippen LogP contribution in [0.5, 0.6) is 5.75 Å². The zero-order chi connectivity index (χ0) is 20.6. The number of nitrogens with one attached hydrogen (secondary N) is 2. The number of rotatable bonds is 7. The van der Waals surface area contributed by atoms with E-state index in [2.05, 4.69) is 39.6 Å². The van der Waals surface area contributed by atoms with Crippen LogP contribution in [0.4, 0.5) is 4.39 Å². The number of thiophene rings is 1. The van der Waals surface area contributed by atoms with Crippen LogP contribution in [0.25, 0.3) is 0 Å². The number of aliphatic imine (C=N–C) groups is 1. The third-order valence-corrected chi connectivity index (χ3v) is 5.92. The van der Waals surface area contributed by atoms with Crippen molar-refractivity contribution in [3.8, 4) is 5.75 Å². The van der Waals surface area contributed by atoms with Gasteiger partial charge in [0.1, 0.15) is 0 Å². The van der Waals surface area contributed by atoms with Crippen LogP contribution < -0.4 is 10.6 Å². The highest BCUT2D eigenvalue weighted by atomic mass is 127. The molecule has 0 amide bonds. The predicted molar refractivity (Wildman–Crippen MR) is 130 cm³/mol. The monoisotopic (exact) mass is 548 g/mol. The van der Waals surface area contributed by atoms with Crippen LogP contribution in [0.1, 0.15) is 28.3 Å². The standard InChI is InChI=1S/C21H29FN4O2S.HI/c1-3-23-21(24-13-16-5-6-19(27)17(22)12-16)25-14-18(20-7-4-15(2)29-20)26-8-10-28-11-9-26;/h4-7,12,18,27H,3,8-11,13-14H2,1-2H3,(H2,23,24,25);1H. The lowest BCUT2D eigenvalue weighted by atomic mass is 10.2. The molecule has 3 rings (SSSR count). The van der Waals surface area contributed by atoms with Crippen LogP contribution in [0.15, 0.2) is 35.3 Å². The van der Waals surface area contributed by atoms with Gasteiger partial charge < -0.3 is 20.5 Å². The molecule has 1 aromatic carbocycles. The van der Waals surface area contributed by atoms with Gasteiger partial charge in [0.15, 0.2) is 17.5 Å². The van der Waals surface area contributed by atoms with E-state index >= 15 is 0 Å². The SMILES string of the molecule is CCNC(=NCc1ccc(O)c(F)c1)NCC(c1ccc(C)s1)N1CCOCC1.I. The minimum Gasteiger partial charge on any atom is -0.505 e. The van der Waals surface area contributed by atoms with Gasteiger partial charge in [-0.2, -0.15) is 0 Å². The van der Waals surface area contributed by atoms with Gasteiger partial charge in [0.25, 0.3) is 0 Å². The lowest BCUT2D eigenvalue weighted by Gasteiger charge is -2.34. The summed E-state index contributed by atoms with van der Waals surface area (Å²) in [6.45, 7) is 9.23. The molecule has 0 aliphatic carbocycles. The minimum absolute atomic E-state index is 0. The lowest BCUT2D eigenvalue weighted by molar-refractivity contribution is 0.0177. The first-order valence-corrected chi connectivity index (χ1v) is 10.8. The molecule has 1 saturated heterocycles. The van der Waals surface area contributed by atoms with Gasteiger partial charge >= 0.3 is 0 Å². The van der Waals surface area contributed by atoms with E-state index in [0.717, 1.165) is 39.4 Å². The molecule has 166 valence electrons. The van der Waals surface area contributed by atoms with Crippen molar-refractivity contribution >= 4 is 41.3 Å². The van der Waals surface area contributed by atoms with E-state index in [-0.39, 0.29) is 35.8 Å². The van der Waals surface area contributed by atoms with Gasteiger partial charge in [-0.1, -0.05) is 6.07 Å². The van der Waals surface area contributed by atoms with Crippen LogP contribution in [-0.2, 0) is 11.3 Å². The van der Waals surface area contributed by atoms with Gasteiger partial charge in [-0.3, -0.25) is 4.90 Å². The van der Waals surface area contributed by atoms with Gasteiger partial charge in [0.2, 0.25) is 0 Å². The number of morpholine rings is 1. The van der Waals surface area contributed by atoms with Crippen LogP contribution in [-0.4, -0.2) is 55.4 Å². The summed E-state index contributed by atoms with van der Waals surface area (Å²) in [4.78, 5) is 9.65. The Hall–Kier alpha value is -1.43. The van der Waals surface area contributed by atoms with Crippen molar-refractivity contribution in [2.45, 2.75) is 26.4 Å². The Morgan fingerprint density at radius 3 is 2.67 bits per heavy atom. The summed E-state index contributed by atoms with van der Waals surface area (Å²) in [6.07, 6.45) is 0. The van der Waals surface area contributed by atoms with Crippen molar-refractivity contribution in [1.29, 1.82) is 0 Å². The Bertz CT molecular complexity index is 827. The largest absolute Gasteiger partial charge is 0.505 e. The molecule has 30 heavy (non-hydrogen) atoms. The number of hydrogen-bond donors (Lipinski definition) is 3. The number of ether oxygens (including phenoxy) is 1. The molecule has 6 nitrogen and oxygen atoms in total. The lowest BCUT2D eigenvalue weighted by Crippen LogP contribution is -2.46. The summed E-state index contributed by atoms with van der Waals surface area (Å²) in [7, 11) is 0. The fourth-order valence-corrected chi connectivity index (χ4v) is 4.30. The van der Waals surface area contributed by atoms with Gasteiger partial charge in [-0.05, 0) is 43.7 Å². The Morgan fingerprint density at radius 1 is 1.27 bits per heavy atom. The molecule has 0 saturated carbocycles. The van der Waals surface area contributed by atoms with Crippen LogP contribution in [0.2, 0.25) is 0 Å². The van der Waals surface area contributed by atoms with Gasteiger partial charge in [0, 0.05) is 35.9 Å². The van der Waals surface area contributed by atoms with Crippen LogP contribution in [0, 0.1) is 12.7 Å². The van der Waals surface area contributed by atoms with E-state index in [1.807, 2.05) is 18.3 Å². The van der Waals surface area contributed by atoms with E-state index in [1.54, 1.807) is 6.07 Å². The Kier molecular flexibility index (Phi) is 10.3. The first-order chi connectivity index (χ1) is 14.1. The zero-order valence-corrected chi connectivity index (χ0v) is 20.5. The van der Waals surface area contributed by atoms with Gasteiger partial charge in [-0.25, -0.2) is 9.38 Å². The molecule has 0 spiro atoms. The molecule has 1 aromatic heterocycles. The number of hydrogen-bond acceptors (Lipinski definition) is 5. The summed E-state index contributed by atoms with van der Waals surface area (Å²) in [5.41, 5.74) is 0.705. The van der Waals surface area contributed by atoms with Crippen molar-refractivity contribution < 1.29 is 14.2 Å². The first kappa shape index (κ1) is 24.8. The second-order valence-electron chi connectivity index (χ2n) is 6.97. The van der Waals surface area contributed by atoms with Crippen LogP contribution in [0.3, 0.4) is 0 Å². The van der Waals surface area contributed by atoms with Crippen molar-refractivity contribution in [2.24, 2.45) is 4.99 Å². The Labute approximate surface area is 198 Å².